The zero-order chi connectivity index (χ0) is 25.4. The van der Waals surface area contributed by atoms with Crippen LogP contribution >= 0.6 is 0 Å². The second-order valence-corrected chi connectivity index (χ2v) is 7.81. The third-order valence-electron chi connectivity index (χ3n) is 5.67. The van der Waals surface area contributed by atoms with E-state index in [1.54, 1.807) is 0 Å². The second-order valence-electron chi connectivity index (χ2n) is 7.81. The molecule has 6 N–H and O–H groups in total. The van der Waals surface area contributed by atoms with Crippen LogP contribution in [0.3, 0.4) is 0 Å². The number of benzene rings is 2. The molecule has 12 heteroatoms. The summed E-state index contributed by atoms with van der Waals surface area (Å²) in [6.07, 6.45) is -7.54. The smallest absolute Gasteiger partial charge is 0.229 e. The molecule has 0 aliphatic carbocycles. The Morgan fingerprint density at radius 1 is 0.943 bits per heavy atom. The molecule has 5 atom stereocenters. The van der Waals surface area contributed by atoms with Crippen molar-refractivity contribution >= 4 is 11.0 Å². The molecule has 188 valence electrons. The van der Waals surface area contributed by atoms with Gasteiger partial charge in [0.2, 0.25) is 12.0 Å². The Morgan fingerprint density at radius 3 is 2.31 bits per heavy atom. The number of ether oxygens (including phenoxy) is 4. The number of methoxy groups -OCH3 is 2. The molecule has 1 aliphatic rings. The van der Waals surface area contributed by atoms with Gasteiger partial charge in [0, 0.05) is 17.7 Å². The van der Waals surface area contributed by atoms with Gasteiger partial charge in [-0.05, 0) is 18.2 Å². The third-order valence-corrected chi connectivity index (χ3v) is 5.67. The van der Waals surface area contributed by atoms with Gasteiger partial charge >= 0.3 is 0 Å². The van der Waals surface area contributed by atoms with Crippen LogP contribution in [0, 0.1) is 0 Å². The molecule has 2 aromatic carbocycles. The fraction of sp³-hybridized carbons (Fsp3) is 0.348. The standard InChI is InChI=1S/C23H24O12/c1-31-15-7-14-17(19(28)22(15)32-2)11(26)6-13(33-14)9-3-4-12(10(25)5-9)34-23-21(30)20(29)18(27)16(8-24)35-23/h3-7,16,18,20-21,23-25,27-30H,8H2,1-2H3/t16-,18-,20-,21-,23-/m0/s1. The van der Waals surface area contributed by atoms with E-state index in [0.29, 0.717) is 0 Å². The van der Waals surface area contributed by atoms with Crippen molar-refractivity contribution in [2.75, 3.05) is 20.8 Å². The molecule has 0 bridgehead atoms. The minimum absolute atomic E-state index is 0.0174. The highest BCUT2D eigenvalue weighted by molar-refractivity contribution is 5.89. The number of hydrogen-bond donors (Lipinski definition) is 6. The summed E-state index contributed by atoms with van der Waals surface area (Å²) in [5.41, 5.74) is -0.276. The second kappa shape index (κ2) is 9.60. The lowest BCUT2D eigenvalue weighted by molar-refractivity contribution is -0.277. The van der Waals surface area contributed by atoms with E-state index in [-0.39, 0.29) is 39.5 Å². The van der Waals surface area contributed by atoms with Crippen LogP contribution in [0.15, 0.2) is 39.5 Å². The summed E-state index contributed by atoms with van der Waals surface area (Å²) in [6, 6.07) is 6.49. The molecule has 0 radical (unpaired) electrons. The summed E-state index contributed by atoms with van der Waals surface area (Å²) in [5.74, 6) is -0.823. The molecule has 35 heavy (non-hydrogen) atoms. The zero-order valence-corrected chi connectivity index (χ0v) is 18.6. The van der Waals surface area contributed by atoms with Gasteiger partial charge in [-0.25, -0.2) is 0 Å². The molecule has 0 spiro atoms. The van der Waals surface area contributed by atoms with Crippen LogP contribution in [0.5, 0.6) is 28.7 Å². The molecule has 2 heterocycles. The summed E-state index contributed by atoms with van der Waals surface area (Å²) in [4.78, 5) is 12.7. The molecule has 1 fully saturated rings. The first-order valence-electron chi connectivity index (χ1n) is 10.4. The lowest BCUT2D eigenvalue weighted by Gasteiger charge is -2.39. The Labute approximate surface area is 197 Å². The molecule has 1 aliphatic heterocycles. The fourth-order valence-electron chi connectivity index (χ4n) is 3.81. The average molecular weight is 492 g/mol. The van der Waals surface area contributed by atoms with Crippen molar-refractivity contribution in [1.82, 2.24) is 0 Å². The number of aliphatic hydroxyl groups excluding tert-OH is 4. The van der Waals surface area contributed by atoms with Gasteiger partial charge in [-0.15, -0.1) is 0 Å². The van der Waals surface area contributed by atoms with Crippen LogP contribution in [0.25, 0.3) is 22.3 Å². The zero-order valence-electron chi connectivity index (χ0n) is 18.6. The predicted molar refractivity (Wildman–Crippen MR) is 119 cm³/mol. The Hall–Kier alpha value is -3.55. The molecule has 0 amide bonds. The number of hydrogen-bond acceptors (Lipinski definition) is 12. The van der Waals surface area contributed by atoms with Gasteiger partial charge in [0.05, 0.1) is 20.8 Å². The number of phenolic OH excluding ortho intramolecular Hbond substituents is 2. The van der Waals surface area contributed by atoms with Crippen LogP contribution in [0.2, 0.25) is 0 Å². The molecule has 0 saturated carbocycles. The Morgan fingerprint density at radius 2 is 1.69 bits per heavy atom. The summed E-state index contributed by atoms with van der Waals surface area (Å²) in [6.45, 7) is -0.636. The maximum Gasteiger partial charge on any atom is 0.229 e. The topological polar surface area (TPSA) is 189 Å². The predicted octanol–water partition coefficient (Wildman–Crippen LogP) is 0.0671. The quantitative estimate of drug-likeness (QED) is 0.272. The Bertz CT molecular complexity index is 1280. The van der Waals surface area contributed by atoms with Gasteiger partial charge in [-0.2, -0.15) is 0 Å². The summed E-state index contributed by atoms with van der Waals surface area (Å²) >= 11 is 0. The minimum atomic E-state index is -1.66. The van der Waals surface area contributed by atoms with E-state index in [4.69, 9.17) is 23.4 Å². The van der Waals surface area contributed by atoms with E-state index >= 15 is 0 Å². The average Bonchev–Trinajstić information content (AvgIpc) is 2.84. The number of aliphatic hydroxyl groups is 4. The Balaban J connectivity index is 1.67. The molecule has 0 unspecified atom stereocenters. The first-order chi connectivity index (χ1) is 16.7. The van der Waals surface area contributed by atoms with E-state index in [1.165, 1.54) is 38.5 Å². The van der Waals surface area contributed by atoms with E-state index in [0.717, 1.165) is 6.07 Å². The van der Waals surface area contributed by atoms with Crippen molar-refractivity contribution in [1.29, 1.82) is 0 Å². The van der Waals surface area contributed by atoms with Gasteiger partial charge < -0.3 is 54.0 Å². The maximum absolute atomic E-state index is 12.7. The van der Waals surface area contributed by atoms with Crippen molar-refractivity contribution in [2.24, 2.45) is 0 Å². The van der Waals surface area contributed by atoms with E-state index in [2.05, 4.69) is 0 Å². The third kappa shape index (κ3) is 4.33. The van der Waals surface area contributed by atoms with Gasteiger partial charge in [0.15, 0.2) is 28.4 Å². The fourth-order valence-corrected chi connectivity index (χ4v) is 3.81. The van der Waals surface area contributed by atoms with E-state index in [9.17, 15) is 35.4 Å². The van der Waals surface area contributed by atoms with Crippen LogP contribution < -0.4 is 19.6 Å². The monoisotopic (exact) mass is 492 g/mol. The molecule has 3 aromatic rings. The van der Waals surface area contributed by atoms with Gasteiger partial charge in [0.1, 0.15) is 41.1 Å². The highest BCUT2D eigenvalue weighted by Gasteiger charge is 2.44. The summed E-state index contributed by atoms with van der Waals surface area (Å²) < 4.78 is 26.8. The highest BCUT2D eigenvalue weighted by atomic mass is 16.7. The van der Waals surface area contributed by atoms with Crippen molar-refractivity contribution in [3.8, 4) is 40.1 Å². The molecule has 1 aromatic heterocycles. The number of aromatic hydroxyl groups is 2. The summed E-state index contributed by atoms with van der Waals surface area (Å²) in [7, 11) is 2.67. The van der Waals surface area contributed by atoms with Crippen molar-refractivity contribution in [2.45, 2.75) is 30.7 Å². The number of fused-ring (bicyclic) bond motifs is 1. The molecular formula is C23H24O12. The number of rotatable bonds is 6. The first-order valence-corrected chi connectivity index (χ1v) is 10.4. The van der Waals surface area contributed by atoms with E-state index in [1.807, 2.05) is 0 Å². The maximum atomic E-state index is 12.7. The SMILES string of the molecule is COc1cc2oc(-c3ccc(O[C@H]4O[C@@H](CO)[C@H](O)[C@H](O)[C@@H]4O)c(O)c3)cc(=O)c2c(O)c1OC. The largest absolute Gasteiger partial charge is 0.504 e. The van der Waals surface area contributed by atoms with Crippen molar-refractivity contribution < 1.29 is 54.0 Å². The first kappa shape index (κ1) is 24.6. The minimum Gasteiger partial charge on any atom is -0.504 e. The van der Waals surface area contributed by atoms with Crippen LogP contribution in [-0.2, 0) is 4.74 Å². The normalized spacial score (nSPS) is 24.3. The molecule has 12 nitrogen and oxygen atoms in total. The molecule has 4 rings (SSSR count). The number of phenols is 2. The van der Waals surface area contributed by atoms with Crippen molar-refractivity contribution in [3.05, 3.63) is 40.6 Å². The van der Waals surface area contributed by atoms with Gasteiger partial charge in [-0.3, -0.25) is 4.79 Å². The van der Waals surface area contributed by atoms with Crippen molar-refractivity contribution in [3.63, 3.8) is 0 Å². The van der Waals surface area contributed by atoms with Gasteiger partial charge in [-0.1, -0.05) is 0 Å². The highest BCUT2D eigenvalue weighted by Crippen LogP contribution is 2.42. The molecular weight excluding hydrogens is 468 g/mol. The van der Waals surface area contributed by atoms with Crippen LogP contribution in [0.4, 0.5) is 0 Å². The van der Waals surface area contributed by atoms with Crippen LogP contribution in [-0.4, -0.2) is 82.2 Å². The molecule has 1 saturated heterocycles. The lowest BCUT2D eigenvalue weighted by atomic mass is 9.99. The summed E-state index contributed by atoms with van der Waals surface area (Å²) in [5, 5.41) is 60.0. The van der Waals surface area contributed by atoms with E-state index < -0.39 is 54.2 Å². The van der Waals surface area contributed by atoms with Crippen LogP contribution in [0.1, 0.15) is 0 Å². The lowest BCUT2D eigenvalue weighted by Crippen LogP contribution is -2.60. The Kier molecular flexibility index (Phi) is 6.74. The van der Waals surface area contributed by atoms with Gasteiger partial charge in [0.25, 0.3) is 0 Å².